The van der Waals surface area contributed by atoms with Crippen molar-refractivity contribution in [2.24, 2.45) is 0 Å². The quantitative estimate of drug-likeness (QED) is 0.935. The molecule has 0 spiro atoms. The summed E-state index contributed by atoms with van der Waals surface area (Å²) in [5, 5.41) is 9.60. The van der Waals surface area contributed by atoms with E-state index in [9.17, 15) is 14.0 Å². The molecule has 1 atom stereocenters. The molecule has 23 heavy (non-hydrogen) atoms. The Morgan fingerprint density at radius 2 is 2.26 bits per heavy atom. The van der Waals surface area contributed by atoms with E-state index in [1.54, 1.807) is 17.9 Å². The molecule has 3 rings (SSSR count). The van der Waals surface area contributed by atoms with Crippen LogP contribution in [-0.2, 0) is 9.53 Å². The molecule has 2 heterocycles. The summed E-state index contributed by atoms with van der Waals surface area (Å²) in [7, 11) is 0. The van der Waals surface area contributed by atoms with Crippen molar-refractivity contribution in [3.8, 4) is 0 Å². The molecule has 1 amide bonds. The van der Waals surface area contributed by atoms with Crippen LogP contribution in [0.3, 0.4) is 0 Å². The van der Waals surface area contributed by atoms with Crippen LogP contribution in [0.15, 0.2) is 18.2 Å². The van der Waals surface area contributed by atoms with Gasteiger partial charge in [-0.25, -0.2) is 4.39 Å². The zero-order chi connectivity index (χ0) is 16.6. The minimum atomic E-state index is -0.946. The van der Waals surface area contributed by atoms with Gasteiger partial charge in [0.25, 0.3) is 5.91 Å². The largest absolute Gasteiger partial charge is 0.481 e. The second-order valence-electron chi connectivity index (χ2n) is 5.54. The molecule has 2 aromatic rings. The molecular formula is C16H16FNO4S. The fourth-order valence-corrected chi connectivity index (χ4v) is 3.92. The van der Waals surface area contributed by atoms with Crippen molar-refractivity contribution in [1.29, 1.82) is 0 Å². The normalized spacial score (nSPS) is 18.3. The molecule has 0 aliphatic carbocycles. The van der Waals surface area contributed by atoms with Gasteiger partial charge in [0.05, 0.1) is 24.0 Å². The van der Waals surface area contributed by atoms with Crippen molar-refractivity contribution in [3.05, 3.63) is 34.5 Å². The Morgan fingerprint density at radius 1 is 1.48 bits per heavy atom. The molecule has 1 aliphatic heterocycles. The van der Waals surface area contributed by atoms with Crippen molar-refractivity contribution in [2.45, 2.75) is 19.4 Å². The zero-order valence-corrected chi connectivity index (χ0v) is 13.4. The van der Waals surface area contributed by atoms with Gasteiger partial charge in [-0.15, -0.1) is 11.3 Å². The highest BCUT2D eigenvalue weighted by Crippen LogP contribution is 2.32. The molecule has 7 heteroatoms. The van der Waals surface area contributed by atoms with Crippen LogP contribution in [0.25, 0.3) is 10.1 Å². The van der Waals surface area contributed by atoms with E-state index >= 15 is 0 Å². The highest BCUT2D eigenvalue weighted by Gasteiger charge is 2.28. The summed E-state index contributed by atoms with van der Waals surface area (Å²) < 4.78 is 19.6. The topological polar surface area (TPSA) is 66.8 Å². The first kappa shape index (κ1) is 15.9. The summed E-state index contributed by atoms with van der Waals surface area (Å²) in [6.45, 7) is 2.81. The maximum absolute atomic E-state index is 13.4. The summed E-state index contributed by atoms with van der Waals surface area (Å²) in [5.41, 5.74) is 0.760. The number of morpholine rings is 1. The van der Waals surface area contributed by atoms with E-state index in [1.165, 1.54) is 23.5 Å². The Kier molecular flexibility index (Phi) is 4.32. The number of aryl methyl sites for hydroxylation is 1. The van der Waals surface area contributed by atoms with E-state index in [4.69, 9.17) is 9.84 Å². The minimum Gasteiger partial charge on any atom is -0.481 e. The molecule has 122 valence electrons. The van der Waals surface area contributed by atoms with Gasteiger partial charge in [-0.2, -0.15) is 0 Å². The number of nitrogens with zero attached hydrogens (tertiary/aromatic N) is 1. The summed E-state index contributed by atoms with van der Waals surface area (Å²) in [6.07, 6.45) is -0.613. The summed E-state index contributed by atoms with van der Waals surface area (Å²) >= 11 is 1.33. The van der Waals surface area contributed by atoms with Gasteiger partial charge >= 0.3 is 5.97 Å². The van der Waals surface area contributed by atoms with Crippen LogP contribution in [0.2, 0.25) is 0 Å². The molecule has 1 N–H and O–H groups in total. The number of aliphatic carboxylic acids is 1. The van der Waals surface area contributed by atoms with Crippen molar-refractivity contribution in [3.63, 3.8) is 0 Å². The number of hydrogen-bond donors (Lipinski definition) is 1. The van der Waals surface area contributed by atoms with Crippen molar-refractivity contribution >= 4 is 33.3 Å². The number of carboxylic acids is 1. The second-order valence-corrected chi connectivity index (χ2v) is 6.59. The van der Waals surface area contributed by atoms with Gasteiger partial charge in [0.2, 0.25) is 0 Å². The first-order chi connectivity index (χ1) is 11.0. The molecule has 0 bridgehead atoms. The van der Waals surface area contributed by atoms with Crippen molar-refractivity contribution in [2.75, 3.05) is 19.7 Å². The molecule has 1 aliphatic rings. The number of hydrogen-bond acceptors (Lipinski definition) is 4. The Labute approximate surface area is 136 Å². The van der Waals surface area contributed by atoms with Crippen LogP contribution in [0.5, 0.6) is 0 Å². The van der Waals surface area contributed by atoms with Crippen molar-refractivity contribution < 1.29 is 23.8 Å². The van der Waals surface area contributed by atoms with Gasteiger partial charge in [0.15, 0.2) is 0 Å². The Hall–Kier alpha value is -1.99. The molecule has 1 saturated heterocycles. The molecule has 1 aromatic heterocycles. The second kappa shape index (κ2) is 6.25. The van der Waals surface area contributed by atoms with E-state index in [0.29, 0.717) is 18.0 Å². The van der Waals surface area contributed by atoms with Gasteiger partial charge in [0.1, 0.15) is 5.82 Å². The number of halogens is 1. The number of fused-ring (bicyclic) bond motifs is 1. The molecule has 5 nitrogen and oxygen atoms in total. The Balaban J connectivity index is 1.85. The maximum Gasteiger partial charge on any atom is 0.306 e. The number of ether oxygens (including phenoxy) is 1. The predicted molar refractivity (Wildman–Crippen MR) is 84.4 cm³/mol. The van der Waals surface area contributed by atoms with Gasteiger partial charge in [0, 0.05) is 17.8 Å². The predicted octanol–water partition coefficient (Wildman–Crippen LogP) is 2.66. The number of amides is 1. The number of rotatable bonds is 3. The third-order valence-electron chi connectivity index (χ3n) is 3.92. The molecule has 0 unspecified atom stereocenters. The molecular weight excluding hydrogens is 321 g/mol. The van der Waals surface area contributed by atoms with Gasteiger partial charge in [-0.3, -0.25) is 9.59 Å². The number of carbonyl (C=O) groups is 2. The summed E-state index contributed by atoms with van der Waals surface area (Å²) in [6, 6.07) is 4.49. The number of thiophene rings is 1. The third kappa shape index (κ3) is 3.20. The first-order valence-corrected chi connectivity index (χ1v) is 8.08. The van der Waals surface area contributed by atoms with E-state index < -0.39 is 12.1 Å². The van der Waals surface area contributed by atoms with E-state index in [0.717, 1.165) is 15.6 Å². The minimum absolute atomic E-state index is 0.125. The van der Waals surface area contributed by atoms with Gasteiger partial charge in [-0.1, -0.05) is 0 Å². The molecule has 1 fully saturated rings. The highest BCUT2D eigenvalue weighted by atomic mass is 32.1. The lowest BCUT2D eigenvalue weighted by Gasteiger charge is -2.32. The molecule has 1 aromatic carbocycles. The molecule has 0 radical (unpaired) electrons. The lowest BCUT2D eigenvalue weighted by molar-refractivity contribution is -0.141. The summed E-state index contributed by atoms with van der Waals surface area (Å²) in [5.74, 6) is -1.43. The van der Waals surface area contributed by atoms with E-state index in [2.05, 4.69) is 0 Å². The smallest absolute Gasteiger partial charge is 0.306 e. The van der Waals surface area contributed by atoms with Crippen LogP contribution < -0.4 is 0 Å². The zero-order valence-electron chi connectivity index (χ0n) is 12.5. The monoisotopic (exact) mass is 337 g/mol. The Morgan fingerprint density at radius 3 is 3.00 bits per heavy atom. The van der Waals surface area contributed by atoms with Gasteiger partial charge in [-0.05, 0) is 36.1 Å². The van der Waals surface area contributed by atoms with Crippen LogP contribution in [-0.4, -0.2) is 47.7 Å². The average Bonchev–Trinajstić information content (AvgIpc) is 2.83. The number of benzene rings is 1. The number of carboxylic acid groups (broad SMARTS) is 1. The SMILES string of the molecule is Cc1c(C(=O)N2CCO[C@@H](CC(=O)O)C2)sc2ccc(F)cc12. The lowest BCUT2D eigenvalue weighted by Crippen LogP contribution is -2.46. The van der Waals surface area contributed by atoms with E-state index in [-0.39, 0.29) is 24.7 Å². The lowest BCUT2D eigenvalue weighted by atomic mass is 10.1. The molecule has 0 saturated carbocycles. The maximum atomic E-state index is 13.4. The van der Waals surface area contributed by atoms with Crippen LogP contribution in [0.1, 0.15) is 21.7 Å². The first-order valence-electron chi connectivity index (χ1n) is 7.27. The van der Waals surface area contributed by atoms with Crippen molar-refractivity contribution in [1.82, 2.24) is 4.90 Å². The fraction of sp³-hybridized carbons (Fsp3) is 0.375. The fourth-order valence-electron chi connectivity index (χ4n) is 2.76. The van der Waals surface area contributed by atoms with E-state index in [1.807, 2.05) is 0 Å². The standard InChI is InChI=1S/C16H16FNO4S/c1-9-12-6-10(17)2-3-13(12)23-15(9)16(21)18-4-5-22-11(8-18)7-14(19)20/h2-3,6,11H,4-5,7-8H2,1H3,(H,19,20)/t11-/m0/s1. The van der Waals surface area contributed by atoms with Gasteiger partial charge < -0.3 is 14.7 Å². The summed E-state index contributed by atoms with van der Waals surface area (Å²) in [4.78, 5) is 25.7. The van der Waals surface area contributed by atoms with Crippen LogP contribution in [0, 0.1) is 12.7 Å². The number of carbonyl (C=O) groups excluding carboxylic acids is 1. The Bertz CT molecular complexity index is 773. The highest BCUT2D eigenvalue weighted by molar-refractivity contribution is 7.21. The van der Waals surface area contributed by atoms with Crippen LogP contribution in [0.4, 0.5) is 4.39 Å². The van der Waals surface area contributed by atoms with Crippen LogP contribution >= 0.6 is 11.3 Å². The third-order valence-corrected chi connectivity index (χ3v) is 5.18. The average molecular weight is 337 g/mol.